The SMILES string of the molecule is CCOc1cc(/C=C(\C#N)C(=O)Nc2ccccc2Cl)cc(Br)c1OCC(=O)Nc1ccccc1C. The second kappa shape index (κ2) is 12.8. The predicted octanol–water partition coefficient (Wildman–Crippen LogP) is 6.37. The lowest BCUT2D eigenvalue weighted by Gasteiger charge is -2.15. The molecule has 2 N–H and O–H groups in total. The first kappa shape index (κ1) is 26.8. The van der Waals surface area contributed by atoms with Crippen LogP contribution in [0.4, 0.5) is 11.4 Å². The lowest BCUT2D eigenvalue weighted by Crippen LogP contribution is -2.21. The van der Waals surface area contributed by atoms with Crippen molar-refractivity contribution in [1.82, 2.24) is 0 Å². The minimum absolute atomic E-state index is 0.129. The minimum Gasteiger partial charge on any atom is -0.490 e. The molecule has 0 saturated carbocycles. The second-order valence-electron chi connectivity index (χ2n) is 7.52. The van der Waals surface area contributed by atoms with E-state index < -0.39 is 5.91 Å². The summed E-state index contributed by atoms with van der Waals surface area (Å²) in [6, 6.07) is 19.4. The van der Waals surface area contributed by atoms with Crippen LogP contribution in [0.1, 0.15) is 18.1 Å². The molecule has 0 aliphatic rings. The second-order valence-corrected chi connectivity index (χ2v) is 8.78. The fourth-order valence-corrected chi connectivity index (χ4v) is 3.94. The lowest BCUT2D eigenvalue weighted by molar-refractivity contribution is -0.118. The monoisotopic (exact) mass is 567 g/mol. The van der Waals surface area contributed by atoms with Crippen LogP contribution in [0.5, 0.6) is 11.5 Å². The molecular formula is C27H23BrClN3O4. The number of aryl methyl sites for hydroxylation is 1. The third-order valence-electron chi connectivity index (χ3n) is 4.90. The van der Waals surface area contributed by atoms with Crippen LogP contribution in [-0.4, -0.2) is 25.0 Å². The molecule has 3 aromatic carbocycles. The van der Waals surface area contributed by atoms with Gasteiger partial charge in [0.2, 0.25) is 0 Å². The number of anilines is 2. The summed E-state index contributed by atoms with van der Waals surface area (Å²) in [5.74, 6) is -0.253. The number of benzene rings is 3. The normalized spacial score (nSPS) is 10.8. The molecule has 0 saturated heterocycles. The molecule has 3 aromatic rings. The van der Waals surface area contributed by atoms with E-state index in [1.165, 1.54) is 6.08 Å². The van der Waals surface area contributed by atoms with Crippen molar-refractivity contribution in [2.24, 2.45) is 0 Å². The predicted molar refractivity (Wildman–Crippen MR) is 144 cm³/mol. The first-order valence-electron chi connectivity index (χ1n) is 10.9. The summed E-state index contributed by atoms with van der Waals surface area (Å²) in [6.45, 7) is 3.80. The number of amides is 2. The van der Waals surface area contributed by atoms with E-state index in [2.05, 4.69) is 26.6 Å². The lowest BCUT2D eigenvalue weighted by atomic mass is 10.1. The molecule has 36 heavy (non-hydrogen) atoms. The first-order chi connectivity index (χ1) is 17.3. The van der Waals surface area contributed by atoms with Crippen molar-refractivity contribution in [2.45, 2.75) is 13.8 Å². The summed E-state index contributed by atoms with van der Waals surface area (Å²) in [6.07, 6.45) is 1.42. The van der Waals surface area contributed by atoms with Gasteiger partial charge in [-0.25, -0.2) is 0 Å². The molecule has 0 aromatic heterocycles. The molecule has 0 aliphatic carbocycles. The zero-order valence-electron chi connectivity index (χ0n) is 19.6. The smallest absolute Gasteiger partial charge is 0.266 e. The number of hydrogen-bond acceptors (Lipinski definition) is 5. The number of nitrogens with zero attached hydrogens (tertiary/aromatic N) is 1. The number of ether oxygens (including phenoxy) is 2. The van der Waals surface area contributed by atoms with Crippen molar-refractivity contribution >= 4 is 56.8 Å². The van der Waals surface area contributed by atoms with Gasteiger partial charge in [0.15, 0.2) is 18.1 Å². The minimum atomic E-state index is -0.604. The summed E-state index contributed by atoms with van der Waals surface area (Å²) >= 11 is 9.53. The molecule has 0 aliphatic heterocycles. The Morgan fingerprint density at radius 2 is 1.75 bits per heavy atom. The quantitative estimate of drug-likeness (QED) is 0.231. The van der Waals surface area contributed by atoms with Gasteiger partial charge >= 0.3 is 0 Å². The Labute approximate surface area is 222 Å². The zero-order chi connectivity index (χ0) is 26.1. The molecule has 184 valence electrons. The van der Waals surface area contributed by atoms with Gasteiger partial charge in [-0.2, -0.15) is 5.26 Å². The van der Waals surface area contributed by atoms with E-state index >= 15 is 0 Å². The van der Waals surface area contributed by atoms with E-state index in [-0.39, 0.29) is 18.1 Å². The maximum Gasteiger partial charge on any atom is 0.266 e. The van der Waals surface area contributed by atoms with Crippen LogP contribution in [0.15, 0.2) is 70.7 Å². The van der Waals surface area contributed by atoms with Gasteiger partial charge in [-0.15, -0.1) is 0 Å². The molecule has 3 rings (SSSR count). The van der Waals surface area contributed by atoms with Gasteiger partial charge < -0.3 is 20.1 Å². The highest BCUT2D eigenvalue weighted by Crippen LogP contribution is 2.37. The van der Waals surface area contributed by atoms with Crippen molar-refractivity contribution < 1.29 is 19.1 Å². The Morgan fingerprint density at radius 3 is 2.42 bits per heavy atom. The number of rotatable bonds is 9. The third-order valence-corrected chi connectivity index (χ3v) is 5.82. The largest absolute Gasteiger partial charge is 0.490 e. The van der Waals surface area contributed by atoms with Crippen LogP contribution < -0.4 is 20.1 Å². The number of nitriles is 1. The highest BCUT2D eigenvalue weighted by atomic mass is 79.9. The van der Waals surface area contributed by atoms with Crippen molar-refractivity contribution in [3.8, 4) is 17.6 Å². The fraction of sp³-hybridized carbons (Fsp3) is 0.148. The number of halogens is 2. The van der Waals surface area contributed by atoms with Crippen LogP contribution in [0.2, 0.25) is 5.02 Å². The van der Waals surface area contributed by atoms with E-state index in [9.17, 15) is 14.9 Å². The van der Waals surface area contributed by atoms with Crippen molar-refractivity contribution in [3.63, 3.8) is 0 Å². The summed E-state index contributed by atoms with van der Waals surface area (Å²) < 4.78 is 11.9. The van der Waals surface area contributed by atoms with Crippen LogP contribution in [-0.2, 0) is 9.59 Å². The number of para-hydroxylation sites is 2. The van der Waals surface area contributed by atoms with E-state index in [4.69, 9.17) is 21.1 Å². The molecule has 7 nitrogen and oxygen atoms in total. The first-order valence-corrected chi connectivity index (χ1v) is 12.1. The number of carbonyl (C=O) groups is 2. The fourth-order valence-electron chi connectivity index (χ4n) is 3.18. The van der Waals surface area contributed by atoms with E-state index in [0.29, 0.717) is 44.5 Å². The van der Waals surface area contributed by atoms with Crippen LogP contribution >= 0.6 is 27.5 Å². The van der Waals surface area contributed by atoms with E-state index in [1.54, 1.807) is 36.4 Å². The van der Waals surface area contributed by atoms with Gasteiger partial charge in [-0.05, 0) is 77.3 Å². The summed E-state index contributed by atoms with van der Waals surface area (Å²) in [7, 11) is 0. The molecule has 9 heteroatoms. The van der Waals surface area contributed by atoms with Crippen LogP contribution in [0.25, 0.3) is 6.08 Å². The van der Waals surface area contributed by atoms with Crippen molar-refractivity contribution in [3.05, 3.63) is 86.9 Å². The van der Waals surface area contributed by atoms with Gasteiger partial charge in [-0.1, -0.05) is 41.9 Å². The zero-order valence-corrected chi connectivity index (χ0v) is 21.9. The van der Waals surface area contributed by atoms with Crippen LogP contribution in [0.3, 0.4) is 0 Å². The average Bonchev–Trinajstić information content (AvgIpc) is 2.85. The highest BCUT2D eigenvalue weighted by Gasteiger charge is 2.16. The Hall–Kier alpha value is -3.80. The van der Waals surface area contributed by atoms with Gasteiger partial charge in [-0.3, -0.25) is 9.59 Å². The topological polar surface area (TPSA) is 100 Å². The van der Waals surface area contributed by atoms with Gasteiger partial charge in [0, 0.05) is 5.69 Å². The molecule has 0 radical (unpaired) electrons. The third kappa shape index (κ3) is 7.11. The van der Waals surface area contributed by atoms with E-state index in [1.807, 2.05) is 44.2 Å². The molecule has 0 fully saturated rings. The molecule has 0 atom stereocenters. The van der Waals surface area contributed by atoms with Crippen molar-refractivity contribution in [1.29, 1.82) is 5.26 Å². The average molecular weight is 569 g/mol. The summed E-state index contributed by atoms with van der Waals surface area (Å²) in [5.41, 5.74) is 2.43. The number of carbonyl (C=O) groups excluding carboxylic acids is 2. The highest BCUT2D eigenvalue weighted by molar-refractivity contribution is 9.10. The maximum absolute atomic E-state index is 12.6. The number of hydrogen-bond donors (Lipinski definition) is 2. The summed E-state index contributed by atoms with van der Waals surface area (Å²) in [5, 5.41) is 15.4. The molecule has 0 spiro atoms. The molecule has 0 unspecified atom stereocenters. The Morgan fingerprint density at radius 1 is 1.06 bits per heavy atom. The van der Waals surface area contributed by atoms with E-state index in [0.717, 1.165) is 5.56 Å². The molecular weight excluding hydrogens is 546 g/mol. The standard InChI is InChI=1S/C27H23BrClN3O4/c1-3-35-24-14-18(12-19(15-30)27(34)32-23-11-7-5-9-21(23)29)13-20(28)26(24)36-16-25(33)31-22-10-6-4-8-17(22)2/h4-14H,3,16H2,1-2H3,(H,31,33)(H,32,34)/b19-12+. The van der Waals surface area contributed by atoms with Gasteiger partial charge in [0.1, 0.15) is 11.6 Å². The Balaban J connectivity index is 1.79. The van der Waals surface area contributed by atoms with Crippen LogP contribution in [0, 0.1) is 18.3 Å². The number of nitrogens with one attached hydrogen (secondary N) is 2. The molecule has 0 heterocycles. The Kier molecular flexibility index (Phi) is 9.51. The molecule has 0 bridgehead atoms. The van der Waals surface area contributed by atoms with Gasteiger partial charge in [0.25, 0.3) is 11.8 Å². The van der Waals surface area contributed by atoms with Crippen molar-refractivity contribution in [2.75, 3.05) is 23.8 Å². The van der Waals surface area contributed by atoms with Gasteiger partial charge in [0.05, 0.1) is 21.8 Å². The molecule has 2 amide bonds. The Bertz CT molecular complexity index is 1350. The maximum atomic E-state index is 12.6. The summed E-state index contributed by atoms with van der Waals surface area (Å²) in [4.78, 5) is 25.1.